The summed E-state index contributed by atoms with van der Waals surface area (Å²) in [5.74, 6) is 0.0719. The van der Waals surface area contributed by atoms with E-state index in [9.17, 15) is 18.0 Å². The molecule has 0 aliphatic rings. The fraction of sp³-hybridized carbons (Fsp3) is 0.300. The summed E-state index contributed by atoms with van der Waals surface area (Å²) in [4.78, 5) is 12.7. The zero-order valence-corrected chi connectivity index (χ0v) is 17.1. The molecule has 0 unspecified atom stereocenters. The number of benzene rings is 1. The molecule has 3 aromatic rings. The Labute approximate surface area is 173 Å². The predicted octanol–water partition coefficient (Wildman–Crippen LogP) is 4.85. The van der Waals surface area contributed by atoms with Crippen LogP contribution in [0.1, 0.15) is 28.1 Å². The standard InChI is InChI=1S/C20H19BrF3N3O2/c1-27-16(5-6-26-27)19-15(21)10-18(29-19)17(28)9-13(11-25)7-12-3-2-4-14(8-12)20(22,23)24/h2-6,8,10,13H,7,9,11,25H2,1H3/t13-/m1/s1. The second-order valence-corrected chi connectivity index (χ2v) is 7.61. The summed E-state index contributed by atoms with van der Waals surface area (Å²) in [5.41, 5.74) is 6.25. The molecule has 0 aliphatic carbocycles. The molecule has 9 heteroatoms. The number of halogens is 4. The molecule has 0 saturated heterocycles. The summed E-state index contributed by atoms with van der Waals surface area (Å²) in [6.45, 7) is 0.165. The van der Waals surface area contributed by atoms with Gasteiger partial charge in [-0.3, -0.25) is 9.48 Å². The minimum Gasteiger partial charge on any atom is -0.450 e. The van der Waals surface area contributed by atoms with Crippen LogP contribution in [0.15, 0.2) is 51.5 Å². The van der Waals surface area contributed by atoms with Crippen molar-refractivity contribution in [2.45, 2.75) is 19.0 Å². The van der Waals surface area contributed by atoms with E-state index in [0.29, 0.717) is 21.5 Å². The maximum absolute atomic E-state index is 12.9. The number of alkyl halides is 3. The maximum Gasteiger partial charge on any atom is 0.416 e. The van der Waals surface area contributed by atoms with Gasteiger partial charge in [0.1, 0.15) is 5.69 Å². The van der Waals surface area contributed by atoms with Crippen LogP contribution in [0.2, 0.25) is 0 Å². The molecule has 5 nitrogen and oxygen atoms in total. The number of hydrogen-bond acceptors (Lipinski definition) is 4. The van der Waals surface area contributed by atoms with Crippen LogP contribution in [0, 0.1) is 5.92 Å². The second-order valence-electron chi connectivity index (χ2n) is 6.76. The Morgan fingerprint density at radius 3 is 2.69 bits per heavy atom. The number of ketones is 1. The number of aryl methyl sites for hydroxylation is 1. The van der Waals surface area contributed by atoms with Gasteiger partial charge in [-0.15, -0.1) is 0 Å². The number of rotatable bonds is 7. The van der Waals surface area contributed by atoms with Crippen LogP contribution < -0.4 is 5.73 Å². The van der Waals surface area contributed by atoms with Crippen molar-refractivity contribution in [1.29, 1.82) is 0 Å². The average Bonchev–Trinajstić information content (AvgIpc) is 3.25. The first-order valence-electron chi connectivity index (χ1n) is 8.86. The molecule has 0 radical (unpaired) electrons. The molecule has 0 amide bonds. The molecule has 0 spiro atoms. The zero-order valence-electron chi connectivity index (χ0n) is 15.5. The minimum absolute atomic E-state index is 0.0670. The molecule has 2 aromatic heterocycles. The number of hydrogen-bond donors (Lipinski definition) is 1. The Hall–Kier alpha value is -2.39. The van der Waals surface area contributed by atoms with Crippen molar-refractivity contribution < 1.29 is 22.4 Å². The Morgan fingerprint density at radius 2 is 2.07 bits per heavy atom. The lowest BCUT2D eigenvalue weighted by molar-refractivity contribution is -0.137. The van der Waals surface area contributed by atoms with Crippen molar-refractivity contribution in [3.63, 3.8) is 0 Å². The first-order chi connectivity index (χ1) is 13.7. The highest BCUT2D eigenvalue weighted by atomic mass is 79.9. The third-order valence-corrected chi connectivity index (χ3v) is 5.19. The number of nitrogens with two attached hydrogens (primary N) is 1. The number of carbonyl (C=O) groups is 1. The fourth-order valence-electron chi connectivity index (χ4n) is 3.09. The highest BCUT2D eigenvalue weighted by Crippen LogP contribution is 2.33. The minimum atomic E-state index is -4.41. The molecule has 0 fully saturated rings. The van der Waals surface area contributed by atoms with Gasteiger partial charge < -0.3 is 10.2 Å². The molecule has 2 N–H and O–H groups in total. The summed E-state index contributed by atoms with van der Waals surface area (Å²) in [6, 6.07) is 8.42. The van der Waals surface area contributed by atoms with E-state index >= 15 is 0 Å². The van der Waals surface area contributed by atoms with Gasteiger partial charge in [-0.1, -0.05) is 18.2 Å². The van der Waals surface area contributed by atoms with Gasteiger partial charge in [0.15, 0.2) is 17.3 Å². The number of Topliss-reactive ketones (excluding diaryl/α,β-unsaturated/α-hetero) is 1. The molecular formula is C20H19BrF3N3O2. The normalized spacial score (nSPS) is 12.9. The van der Waals surface area contributed by atoms with E-state index in [4.69, 9.17) is 10.2 Å². The lowest BCUT2D eigenvalue weighted by Crippen LogP contribution is -2.20. The van der Waals surface area contributed by atoms with E-state index in [1.807, 2.05) is 0 Å². The maximum atomic E-state index is 12.9. The summed E-state index contributed by atoms with van der Waals surface area (Å²) < 4.78 is 46.7. The van der Waals surface area contributed by atoms with Gasteiger partial charge in [0, 0.05) is 25.7 Å². The van der Waals surface area contributed by atoms with Crippen molar-refractivity contribution in [2.75, 3.05) is 6.54 Å². The lowest BCUT2D eigenvalue weighted by Gasteiger charge is -2.15. The molecule has 29 heavy (non-hydrogen) atoms. The SMILES string of the molecule is Cn1nccc1-c1oc(C(=O)C[C@H](CN)Cc2cccc(C(F)(F)F)c2)cc1Br. The first-order valence-corrected chi connectivity index (χ1v) is 9.65. The van der Waals surface area contributed by atoms with Crippen LogP contribution >= 0.6 is 15.9 Å². The molecular weight excluding hydrogens is 451 g/mol. The number of furan rings is 1. The third-order valence-electron chi connectivity index (χ3n) is 4.60. The van der Waals surface area contributed by atoms with Gasteiger partial charge in [-0.2, -0.15) is 18.3 Å². The van der Waals surface area contributed by atoms with Crippen LogP contribution in [-0.2, 0) is 19.6 Å². The van der Waals surface area contributed by atoms with E-state index in [0.717, 1.165) is 12.1 Å². The molecule has 154 valence electrons. The van der Waals surface area contributed by atoms with E-state index in [1.54, 1.807) is 36.1 Å². The summed E-state index contributed by atoms with van der Waals surface area (Å²) in [5, 5.41) is 4.08. The highest BCUT2D eigenvalue weighted by molar-refractivity contribution is 9.10. The average molecular weight is 470 g/mol. The van der Waals surface area contributed by atoms with Gasteiger partial charge >= 0.3 is 6.18 Å². The van der Waals surface area contributed by atoms with Gasteiger partial charge in [0.25, 0.3) is 0 Å². The van der Waals surface area contributed by atoms with Crippen LogP contribution in [0.4, 0.5) is 13.2 Å². The summed E-state index contributed by atoms with van der Waals surface area (Å²) in [6.07, 6.45) is -2.46. The summed E-state index contributed by atoms with van der Waals surface area (Å²) >= 11 is 3.39. The topological polar surface area (TPSA) is 74.0 Å². The monoisotopic (exact) mass is 469 g/mol. The predicted molar refractivity (Wildman–Crippen MR) is 105 cm³/mol. The van der Waals surface area contributed by atoms with E-state index in [-0.39, 0.29) is 36.8 Å². The molecule has 2 heterocycles. The first kappa shape index (κ1) is 21.3. The van der Waals surface area contributed by atoms with Gasteiger partial charge in [0.05, 0.1) is 10.0 Å². The van der Waals surface area contributed by atoms with E-state index < -0.39 is 11.7 Å². The molecule has 1 aromatic carbocycles. The zero-order chi connectivity index (χ0) is 21.2. The van der Waals surface area contributed by atoms with Crippen LogP contribution in [-0.4, -0.2) is 22.1 Å². The Balaban J connectivity index is 1.73. The number of aromatic nitrogens is 2. The van der Waals surface area contributed by atoms with Crippen molar-refractivity contribution in [1.82, 2.24) is 9.78 Å². The number of carbonyl (C=O) groups excluding carboxylic acids is 1. The van der Waals surface area contributed by atoms with Crippen molar-refractivity contribution >= 4 is 21.7 Å². The van der Waals surface area contributed by atoms with E-state index in [1.165, 1.54) is 6.07 Å². The van der Waals surface area contributed by atoms with Gasteiger partial charge in [0.2, 0.25) is 0 Å². The third kappa shape index (κ3) is 4.97. The van der Waals surface area contributed by atoms with Crippen molar-refractivity contribution in [2.24, 2.45) is 18.7 Å². The Morgan fingerprint density at radius 1 is 1.31 bits per heavy atom. The lowest BCUT2D eigenvalue weighted by atomic mass is 9.93. The molecule has 0 aliphatic heterocycles. The quantitative estimate of drug-likeness (QED) is 0.501. The molecule has 0 saturated carbocycles. The van der Waals surface area contributed by atoms with Crippen LogP contribution in [0.5, 0.6) is 0 Å². The highest BCUT2D eigenvalue weighted by Gasteiger charge is 2.30. The van der Waals surface area contributed by atoms with E-state index in [2.05, 4.69) is 21.0 Å². The van der Waals surface area contributed by atoms with Crippen molar-refractivity contribution in [3.8, 4) is 11.5 Å². The molecule has 0 bridgehead atoms. The Kier molecular flexibility index (Phi) is 6.28. The van der Waals surface area contributed by atoms with Crippen LogP contribution in [0.3, 0.4) is 0 Å². The largest absolute Gasteiger partial charge is 0.450 e. The van der Waals surface area contributed by atoms with Gasteiger partial charge in [-0.25, -0.2) is 0 Å². The Bertz CT molecular complexity index is 1010. The smallest absolute Gasteiger partial charge is 0.416 e. The van der Waals surface area contributed by atoms with Crippen LogP contribution in [0.25, 0.3) is 11.5 Å². The summed E-state index contributed by atoms with van der Waals surface area (Å²) in [7, 11) is 1.76. The fourth-order valence-corrected chi connectivity index (χ4v) is 3.58. The molecule has 3 rings (SSSR count). The van der Waals surface area contributed by atoms with Gasteiger partial charge in [-0.05, 0) is 52.5 Å². The number of nitrogens with zero attached hydrogens (tertiary/aromatic N) is 2. The second kappa shape index (κ2) is 8.54. The molecule has 1 atom stereocenters. The van der Waals surface area contributed by atoms with Crippen molar-refractivity contribution in [3.05, 3.63) is 64.0 Å².